The highest BCUT2D eigenvalue weighted by Gasteiger charge is 2.30. The molecule has 3 nitrogen and oxygen atoms in total. The van der Waals surface area contributed by atoms with Crippen LogP contribution < -0.4 is 16.2 Å². The maximum absolute atomic E-state index is 5.95. The molecule has 2 saturated carbocycles. The molecule has 30 heavy (non-hydrogen) atoms. The normalized spacial score (nSPS) is 27.0. The summed E-state index contributed by atoms with van der Waals surface area (Å²) in [7, 11) is 0. The molecule has 4 rings (SSSR count). The number of benzene rings is 2. The Balaban J connectivity index is 1.25. The molecule has 162 valence electrons. The SMILES string of the molecule is CCC1CCC(C2CCC(c3ccc(OCc4cc(N)cc(N)c4)cc3)CC2)CC1. The summed E-state index contributed by atoms with van der Waals surface area (Å²) in [5.74, 6) is 4.62. The Morgan fingerprint density at radius 1 is 0.767 bits per heavy atom. The number of ether oxygens (including phenoxy) is 1. The summed E-state index contributed by atoms with van der Waals surface area (Å²) in [6.45, 7) is 2.85. The molecule has 0 bridgehead atoms. The first-order chi connectivity index (χ1) is 14.6. The molecule has 2 aliphatic rings. The van der Waals surface area contributed by atoms with Gasteiger partial charge in [-0.2, -0.15) is 0 Å². The van der Waals surface area contributed by atoms with Gasteiger partial charge >= 0.3 is 0 Å². The Morgan fingerprint density at radius 3 is 1.90 bits per heavy atom. The fourth-order valence-electron chi connectivity index (χ4n) is 5.82. The lowest BCUT2D eigenvalue weighted by Crippen LogP contribution is -2.25. The second-order valence-electron chi connectivity index (χ2n) is 9.67. The summed E-state index contributed by atoms with van der Waals surface area (Å²) >= 11 is 0. The Bertz CT molecular complexity index is 780. The summed E-state index contributed by atoms with van der Waals surface area (Å²) in [6, 6.07) is 14.4. The van der Waals surface area contributed by atoms with E-state index in [1.54, 1.807) is 6.07 Å². The Morgan fingerprint density at radius 2 is 1.33 bits per heavy atom. The Kier molecular flexibility index (Phi) is 6.86. The molecule has 2 aromatic rings. The molecule has 0 radical (unpaired) electrons. The first-order valence-electron chi connectivity index (χ1n) is 12.0. The van der Waals surface area contributed by atoms with Crippen molar-refractivity contribution in [2.75, 3.05) is 11.5 Å². The average Bonchev–Trinajstić information content (AvgIpc) is 2.78. The predicted octanol–water partition coefficient (Wildman–Crippen LogP) is 6.92. The van der Waals surface area contributed by atoms with Gasteiger partial charge in [0.25, 0.3) is 0 Å². The van der Waals surface area contributed by atoms with Crippen LogP contribution in [0.3, 0.4) is 0 Å². The lowest BCUT2D eigenvalue weighted by atomic mass is 9.68. The highest BCUT2D eigenvalue weighted by atomic mass is 16.5. The molecule has 2 aromatic carbocycles. The highest BCUT2D eigenvalue weighted by molar-refractivity contribution is 5.54. The molecule has 0 heterocycles. The van der Waals surface area contributed by atoms with Crippen LogP contribution in [-0.2, 0) is 6.61 Å². The third-order valence-electron chi connectivity index (χ3n) is 7.70. The maximum Gasteiger partial charge on any atom is 0.119 e. The van der Waals surface area contributed by atoms with E-state index in [0.717, 1.165) is 35.0 Å². The van der Waals surface area contributed by atoms with Crippen LogP contribution in [0.1, 0.15) is 81.8 Å². The zero-order chi connectivity index (χ0) is 20.9. The van der Waals surface area contributed by atoms with E-state index >= 15 is 0 Å². The predicted molar refractivity (Wildman–Crippen MR) is 126 cm³/mol. The fourth-order valence-corrected chi connectivity index (χ4v) is 5.82. The second kappa shape index (κ2) is 9.76. The largest absolute Gasteiger partial charge is 0.489 e. The van der Waals surface area contributed by atoms with Crippen molar-refractivity contribution in [2.24, 2.45) is 17.8 Å². The zero-order valence-corrected chi connectivity index (χ0v) is 18.5. The van der Waals surface area contributed by atoms with Crippen molar-refractivity contribution in [3.63, 3.8) is 0 Å². The fraction of sp³-hybridized carbons (Fsp3) is 0.556. The van der Waals surface area contributed by atoms with Gasteiger partial charge in [0.15, 0.2) is 0 Å². The minimum Gasteiger partial charge on any atom is -0.489 e. The number of hydrogen-bond donors (Lipinski definition) is 2. The van der Waals surface area contributed by atoms with E-state index in [1.165, 1.54) is 63.4 Å². The quantitative estimate of drug-likeness (QED) is 0.512. The number of anilines is 2. The second-order valence-corrected chi connectivity index (χ2v) is 9.67. The van der Waals surface area contributed by atoms with E-state index in [1.807, 2.05) is 12.1 Å². The van der Waals surface area contributed by atoms with Crippen LogP contribution in [0.5, 0.6) is 5.75 Å². The number of hydrogen-bond acceptors (Lipinski definition) is 3. The van der Waals surface area contributed by atoms with Crippen LogP contribution in [0.15, 0.2) is 42.5 Å². The van der Waals surface area contributed by atoms with Gasteiger partial charge in [-0.05, 0) is 104 Å². The minimum atomic E-state index is 0.486. The van der Waals surface area contributed by atoms with Crippen LogP contribution >= 0.6 is 0 Å². The van der Waals surface area contributed by atoms with Gasteiger partial charge in [0.05, 0.1) is 0 Å². The first kappa shape index (κ1) is 21.1. The molecule has 0 aromatic heterocycles. The van der Waals surface area contributed by atoms with Gasteiger partial charge in [-0.15, -0.1) is 0 Å². The summed E-state index contributed by atoms with van der Waals surface area (Å²) < 4.78 is 5.95. The molecule has 2 aliphatic carbocycles. The van der Waals surface area contributed by atoms with Crippen molar-refractivity contribution in [1.29, 1.82) is 0 Å². The molecular formula is C27H38N2O. The number of nitrogen functional groups attached to an aromatic ring is 2. The van der Waals surface area contributed by atoms with Crippen LogP contribution in [-0.4, -0.2) is 0 Å². The maximum atomic E-state index is 5.95. The summed E-state index contributed by atoms with van der Waals surface area (Å²) in [5.41, 5.74) is 15.6. The Hall–Kier alpha value is -2.16. The molecule has 4 N–H and O–H groups in total. The smallest absolute Gasteiger partial charge is 0.119 e. The number of nitrogens with two attached hydrogens (primary N) is 2. The van der Waals surface area contributed by atoms with Crippen molar-refractivity contribution >= 4 is 11.4 Å². The van der Waals surface area contributed by atoms with Crippen LogP contribution in [0, 0.1) is 17.8 Å². The molecule has 0 amide bonds. The minimum absolute atomic E-state index is 0.486. The standard InChI is InChI=1S/C27H38N2O/c1-2-19-3-5-21(6-4-19)22-7-9-23(10-8-22)24-11-13-27(14-12-24)30-18-20-15-25(28)17-26(29)16-20/h11-17,19,21-23H,2-10,18,28-29H2,1H3. The van der Waals surface area contributed by atoms with E-state index in [2.05, 4.69) is 31.2 Å². The van der Waals surface area contributed by atoms with Crippen molar-refractivity contribution in [2.45, 2.75) is 77.2 Å². The molecule has 3 heteroatoms. The van der Waals surface area contributed by atoms with E-state index < -0.39 is 0 Å². The van der Waals surface area contributed by atoms with Gasteiger partial charge in [-0.25, -0.2) is 0 Å². The molecular weight excluding hydrogens is 368 g/mol. The topological polar surface area (TPSA) is 61.3 Å². The van der Waals surface area contributed by atoms with Crippen molar-refractivity contribution in [1.82, 2.24) is 0 Å². The molecule has 0 aliphatic heterocycles. The van der Waals surface area contributed by atoms with Gasteiger partial charge < -0.3 is 16.2 Å². The highest BCUT2D eigenvalue weighted by Crippen LogP contribution is 2.44. The molecule has 0 saturated heterocycles. The van der Waals surface area contributed by atoms with Gasteiger partial charge in [0, 0.05) is 11.4 Å². The van der Waals surface area contributed by atoms with Crippen molar-refractivity contribution in [3.05, 3.63) is 53.6 Å². The molecule has 0 atom stereocenters. The van der Waals surface area contributed by atoms with Crippen LogP contribution in [0.2, 0.25) is 0 Å². The van der Waals surface area contributed by atoms with Crippen molar-refractivity contribution < 1.29 is 4.74 Å². The van der Waals surface area contributed by atoms with E-state index in [0.29, 0.717) is 18.0 Å². The number of rotatable bonds is 6. The van der Waals surface area contributed by atoms with E-state index in [4.69, 9.17) is 16.2 Å². The van der Waals surface area contributed by atoms with Crippen molar-refractivity contribution in [3.8, 4) is 5.75 Å². The van der Waals surface area contributed by atoms with Crippen LogP contribution in [0.25, 0.3) is 0 Å². The van der Waals surface area contributed by atoms with Crippen LogP contribution in [0.4, 0.5) is 11.4 Å². The summed E-state index contributed by atoms with van der Waals surface area (Å²) in [6.07, 6.45) is 12.8. The lowest BCUT2D eigenvalue weighted by Gasteiger charge is -2.38. The molecule has 0 unspecified atom stereocenters. The van der Waals surface area contributed by atoms with E-state index in [9.17, 15) is 0 Å². The Labute approximate surface area is 182 Å². The summed E-state index contributed by atoms with van der Waals surface area (Å²) in [4.78, 5) is 0. The lowest BCUT2D eigenvalue weighted by molar-refractivity contribution is 0.158. The van der Waals surface area contributed by atoms with E-state index in [-0.39, 0.29) is 0 Å². The van der Waals surface area contributed by atoms with Gasteiger partial charge in [0.2, 0.25) is 0 Å². The first-order valence-corrected chi connectivity index (χ1v) is 12.0. The van der Waals surface area contributed by atoms with Gasteiger partial charge in [0.1, 0.15) is 12.4 Å². The average molecular weight is 407 g/mol. The molecule has 0 spiro atoms. The summed E-state index contributed by atoms with van der Waals surface area (Å²) in [5, 5.41) is 0. The third-order valence-corrected chi connectivity index (χ3v) is 7.70. The monoisotopic (exact) mass is 406 g/mol. The third kappa shape index (κ3) is 5.30. The molecule has 2 fully saturated rings. The van der Waals surface area contributed by atoms with Gasteiger partial charge in [-0.3, -0.25) is 0 Å². The zero-order valence-electron chi connectivity index (χ0n) is 18.5. The van der Waals surface area contributed by atoms with Gasteiger partial charge in [-0.1, -0.05) is 38.3 Å².